The quantitative estimate of drug-likeness (QED) is 0.388. The van der Waals surface area contributed by atoms with Crippen molar-refractivity contribution in [2.24, 2.45) is 5.84 Å². The average molecular weight is 341 g/mol. The third-order valence-electron chi connectivity index (χ3n) is 2.51. The molecule has 0 aliphatic rings. The summed E-state index contributed by atoms with van der Waals surface area (Å²) in [6, 6.07) is 9.82. The van der Waals surface area contributed by atoms with Crippen molar-refractivity contribution in [1.82, 2.24) is 5.43 Å². The lowest BCUT2D eigenvalue weighted by molar-refractivity contribution is 0.0923. The van der Waals surface area contributed by atoms with Gasteiger partial charge in [0.05, 0.1) is 5.75 Å². The summed E-state index contributed by atoms with van der Waals surface area (Å²) in [6.07, 6.45) is 0. The van der Waals surface area contributed by atoms with Gasteiger partial charge < -0.3 is 4.42 Å². The van der Waals surface area contributed by atoms with Crippen LogP contribution in [0.3, 0.4) is 0 Å². The number of aryl methyl sites for hydroxylation is 1. The molecule has 0 aliphatic carbocycles. The highest BCUT2D eigenvalue weighted by Crippen LogP contribution is 2.30. The van der Waals surface area contributed by atoms with E-state index >= 15 is 0 Å². The number of carbonyl (C=O) groups excluding carboxylic acids is 1. The Hall–Kier alpha value is -1.24. The van der Waals surface area contributed by atoms with Gasteiger partial charge in [-0.15, -0.1) is 11.8 Å². The Balaban J connectivity index is 2.09. The Kier molecular flexibility index (Phi) is 4.68. The second kappa shape index (κ2) is 6.27. The van der Waals surface area contributed by atoms with Crippen molar-refractivity contribution in [3.8, 4) is 0 Å². The van der Waals surface area contributed by atoms with Gasteiger partial charge in [-0.2, -0.15) is 0 Å². The molecule has 1 aromatic carbocycles. The van der Waals surface area contributed by atoms with Gasteiger partial charge in [0.2, 0.25) is 0 Å². The average Bonchev–Trinajstić information content (AvgIpc) is 2.78. The molecule has 4 nitrogen and oxygen atoms in total. The Morgan fingerprint density at radius 2 is 2.21 bits per heavy atom. The van der Waals surface area contributed by atoms with E-state index < -0.39 is 5.91 Å². The van der Waals surface area contributed by atoms with Gasteiger partial charge in [0.15, 0.2) is 5.76 Å². The molecule has 0 aliphatic heterocycles. The molecule has 0 radical (unpaired) electrons. The molecule has 2 rings (SSSR count). The minimum atomic E-state index is -0.408. The molecule has 2 aromatic rings. The number of rotatable bonds is 4. The maximum Gasteiger partial charge on any atom is 0.301 e. The minimum absolute atomic E-state index is 0.269. The lowest BCUT2D eigenvalue weighted by Gasteiger charge is -2.01. The fraction of sp³-hybridized carbons (Fsp3) is 0.154. The summed E-state index contributed by atoms with van der Waals surface area (Å²) in [5.41, 5.74) is 2.85. The molecule has 0 spiro atoms. The smallest absolute Gasteiger partial charge is 0.301 e. The highest BCUT2D eigenvalue weighted by molar-refractivity contribution is 9.10. The number of nitrogen functional groups attached to an aromatic ring is 1. The number of nitrogens with one attached hydrogen (secondary N) is 1. The number of furan rings is 1. The van der Waals surface area contributed by atoms with Gasteiger partial charge in [0.1, 0.15) is 5.76 Å². The molecule has 0 atom stereocenters. The van der Waals surface area contributed by atoms with Crippen LogP contribution in [0.2, 0.25) is 0 Å². The van der Waals surface area contributed by atoms with Crippen molar-refractivity contribution in [2.45, 2.75) is 17.6 Å². The number of benzene rings is 1. The lowest BCUT2D eigenvalue weighted by Crippen LogP contribution is -2.30. The molecule has 0 unspecified atom stereocenters. The van der Waals surface area contributed by atoms with Crippen LogP contribution in [0.25, 0.3) is 0 Å². The van der Waals surface area contributed by atoms with Gasteiger partial charge in [0, 0.05) is 14.9 Å². The number of carbonyl (C=O) groups is 1. The first kappa shape index (κ1) is 14.2. The van der Waals surface area contributed by atoms with Gasteiger partial charge in [-0.3, -0.25) is 10.2 Å². The summed E-state index contributed by atoms with van der Waals surface area (Å²) in [5, 5.41) is 0. The van der Waals surface area contributed by atoms with E-state index in [1.165, 1.54) is 0 Å². The van der Waals surface area contributed by atoms with Crippen molar-refractivity contribution < 1.29 is 9.21 Å². The standard InChI is InChI=1S/C13H13BrN2O2S/c1-8-6-9(18-12(8)13(17)16-15)7-19-11-5-3-2-4-10(11)14/h2-6H,7,15H2,1H3,(H,16,17). The molecular weight excluding hydrogens is 328 g/mol. The molecule has 1 amide bonds. The van der Waals surface area contributed by atoms with Crippen LogP contribution in [0.15, 0.2) is 44.1 Å². The van der Waals surface area contributed by atoms with Crippen LogP contribution in [0.1, 0.15) is 21.9 Å². The highest BCUT2D eigenvalue weighted by atomic mass is 79.9. The van der Waals surface area contributed by atoms with Crippen LogP contribution in [-0.2, 0) is 5.75 Å². The maximum atomic E-state index is 11.4. The van der Waals surface area contributed by atoms with Crippen LogP contribution < -0.4 is 11.3 Å². The van der Waals surface area contributed by atoms with Crippen molar-refractivity contribution in [1.29, 1.82) is 0 Å². The highest BCUT2D eigenvalue weighted by Gasteiger charge is 2.14. The van der Waals surface area contributed by atoms with Crippen LogP contribution in [0.5, 0.6) is 0 Å². The number of thioether (sulfide) groups is 1. The fourth-order valence-corrected chi connectivity index (χ4v) is 3.07. The van der Waals surface area contributed by atoms with E-state index in [-0.39, 0.29) is 5.76 Å². The number of halogens is 1. The van der Waals surface area contributed by atoms with Gasteiger partial charge in [0.25, 0.3) is 0 Å². The molecule has 0 fully saturated rings. The van der Waals surface area contributed by atoms with Crippen molar-refractivity contribution >= 4 is 33.6 Å². The molecule has 1 aromatic heterocycles. The van der Waals surface area contributed by atoms with Crippen LogP contribution in [0, 0.1) is 6.92 Å². The van der Waals surface area contributed by atoms with E-state index in [9.17, 15) is 4.79 Å². The summed E-state index contributed by atoms with van der Waals surface area (Å²) in [4.78, 5) is 12.6. The van der Waals surface area contributed by atoms with Crippen LogP contribution in [-0.4, -0.2) is 5.91 Å². The molecule has 0 bridgehead atoms. The SMILES string of the molecule is Cc1cc(CSc2ccccc2Br)oc1C(=O)NN. The predicted octanol–water partition coefficient (Wildman–Crippen LogP) is 3.25. The number of nitrogens with two attached hydrogens (primary N) is 1. The number of hydrogen-bond donors (Lipinski definition) is 2. The van der Waals surface area contributed by atoms with E-state index in [1.807, 2.05) is 37.3 Å². The molecular formula is C13H13BrN2O2S. The third kappa shape index (κ3) is 3.40. The Morgan fingerprint density at radius 1 is 1.47 bits per heavy atom. The first-order chi connectivity index (χ1) is 9.11. The van der Waals surface area contributed by atoms with Gasteiger partial charge in [-0.1, -0.05) is 12.1 Å². The number of amides is 1. The zero-order valence-corrected chi connectivity index (χ0v) is 12.7. The Labute approximate surface area is 123 Å². The summed E-state index contributed by atoms with van der Waals surface area (Å²) < 4.78 is 6.55. The van der Waals surface area contributed by atoms with E-state index in [4.69, 9.17) is 10.3 Å². The Morgan fingerprint density at radius 3 is 2.89 bits per heavy atom. The van der Waals surface area contributed by atoms with Crippen LogP contribution in [0.4, 0.5) is 0 Å². The summed E-state index contributed by atoms with van der Waals surface area (Å²) in [6.45, 7) is 1.82. The van der Waals surface area contributed by atoms with E-state index in [1.54, 1.807) is 11.8 Å². The maximum absolute atomic E-state index is 11.4. The first-order valence-corrected chi connectivity index (χ1v) is 7.37. The summed E-state index contributed by atoms with van der Waals surface area (Å²) in [7, 11) is 0. The third-order valence-corrected chi connectivity index (χ3v) is 4.56. The first-order valence-electron chi connectivity index (χ1n) is 5.59. The van der Waals surface area contributed by atoms with E-state index in [2.05, 4.69) is 21.4 Å². The second-order valence-corrected chi connectivity index (χ2v) is 5.79. The molecule has 100 valence electrons. The zero-order chi connectivity index (χ0) is 13.8. The summed E-state index contributed by atoms with van der Waals surface area (Å²) >= 11 is 5.13. The van der Waals surface area contributed by atoms with E-state index in [0.717, 1.165) is 20.7 Å². The van der Waals surface area contributed by atoms with Crippen molar-refractivity contribution in [3.05, 3.63) is 51.9 Å². The normalized spacial score (nSPS) is 10.5. The second-order valence-electron chi connectivity index (χ2n) is 3.92. The molecule has 19 heavy (non-hydrogen) atoms. The lowest BCUT2D eigenvalue weighted by atomic mass is 10.2. The minimum Gasteiger partial charge on any atom is -0.455 e. The predicted molar refractivity (Wildman–Crippen MR) is 78.8 cm³/mol. The topological polar surface area (TPSA) is 68.3 Å². The molecule has 0 saturated heterocycles. The molecule has 6 heteroatoms. The Bertz CT molecular complexity index is 598. The molecule has 1 heterocycles. The fourth-order valence-electron chi connectivity index (χ4n) is 1.62. The van der Waals surface area contributed by atoms with Crippen molar-refractivity contribution in [3.63, 3.8) is 0 Å². The van der Waals surface area contributed by atoms with E-state index in [0.29, 0.717) is 5.75 Å². The van der Waals surface area contributed by atoms with Gasteiger partial charge >= 0.3 is 5.91 Å². The monoisotopic (exact) mass is 340 g/mol. The van der Waals surface area contributed by atoms with Gasteiger partial charge in [-0.25, -0.2) is 5.84 Å². The van der Waals surface area contributed by atoms with Crippen molar-refractivity contribution in [2.75, 3.05) is 0 Å². The molecule has 0 saturated carbocycles. The number of hydrazine groups is 1. The van der Waals surface area contributed by atoms with Gasteiger partial charge in [-0.05, 0) is 41.1 Å². The number of hydrogen-bond acceptors (Lipinski definition) is 4. The largest absolute Gasteiger partial charge is 0.455 e. The zero-order valence-electron chi connectivity index (χ0n) is 10.3. The van der Waals surface area contributed by atoms with Crippen LogP contribution >= 0.6 is 27.7 Å². The summed E-state index contributed by atoms with van der Waals surface area (Å²) in [5.74, 6) is 6.36. The molecule has 3 N–H and O–H groups in total.